The Hall–Kier alpha value is -0.730. The number of nitrogens with two attached hydrogens (primary N) is 1. The molecule has 2 N–H and O–H groups in total. The lowest BCUT2D eigenvalue weighted by Gasteiger charge is -2.25. The Morgan fingerprint density at radius 1 is 1.44 bits per heavy atom. The zero-order valence-electron chi connectivity index (χ0n) is 11.3. The molecule has 1 saturated carbocycles. The van der Waals surface area contributed by atoms with E-state index in [1.54, 1.807) is 0 Å². The Labute approximate surface area is 115 Å². The second kappa shape index (κ2) is 5.94. The first-order valence-corrected chi connectivity index (χ1v) is 7.29. The van der Waals surface area contributed by atoms with Crippen LogP contribution in [0.5, 0.6) is 0 Å². The van der Waals surface area contributed by atoms with Crippen molar-refractivity contribution in [2.45, 2.75) is 39.2 Å². The second-order valence-electron chi connectivity index (χ2n) is 5.38. The number of benzene rings is 1. The molecule has 0 aromatic heterocycles. The van der Waals surface area contributed by atoms with Gasteiger partial charge in [-0.2, -0.15) is 0 Å². The van der Waals surface area contributed by atoms with Gasteiger partial charge < -0.3 is 10.6 Å². The second-order valence-corrected chi connectivity index (χ2v) is 5.79. The van der Waals surface area contributed by atoms with E-state index in [0.29, 0.717) is 0 Å². The van der Waals surface area contributed by atoms with Crippen molar-refractivity contribution < 1.29 is 0 Å². The van der Waals surface area contributed by atoms with Gasteiger partial charge in [-0.15, -0.1) is 0 Å². The third kappa shape index (κ3) is 3.39. The molecule has 18 heavy (non-hydrogen) atoms. The highest BCUT2D eigenvalue weighted by Gasteiger charge is 2.24. The van der Waals surface area contributed by atoms with E-state index in [1.165, 1.54) is 31.5 Å². The summed E-state index contributed by atoms with van der Waals surface area (Å²) >= 11 is 6.31. The molecular formula is C15H23ClN2. The summed E-state index contributed by atoms with van der Waals surface area (Å²) in [6, 6.07) is 6.29. The normalized spacial score (nSPS) is 16.7. The topological polar surface area (TPSA) is 29.3 Å². The summed E-state index contributed by atoms with van der Waals surface area (Å²) in [6.07, 6.45) is 3.93. The summed E-state index contributed by atoms with van der Waals surface area (Å²) in [5.74, 6) is 0.892. The van der Waals surface area contributed by atoms with Gasteiger partial charge in [0, 0.05) is 29.8 Å². The number of nitrogens with zero attached hydrogens (tertiary/aromatic N) is 1. The molecule has 0 heterocycles. The molecule has 1 aliphatic carbocycles. The minimum Gasteiger partial charge on any atom is -0.371 e. The van der Waals surface area contributed by atoms with E-state index < -0.39 is 0 Å². The monoisotopic (exact) mass is 266 g/mol. The van der Waals surface area contributed by atoms with Gasteiger partial charge in [-0.3, -0.25) is 0 Å². The third-order valence-electron chi connectivity index (χ3n) is 3.51. The first-order valence-electron chi connectivity index (χ1n) is 6.91. The number of anilines is 1. The van der Waals surface area contributed by atoms with Crippen molar-refractivity contribution in [1.82, 2.24) is 0 Å². The standard InChI is InChI=1S/C15H23ClN2/c1-3-8-18(10-12-4-5-12)13-6-7-14(11(2)17)15(16)9-13/h6-7,9,11-12H,3-5,8,10,17H2,1-2H3. The van der Waals surface area contributed by atoms with Crippen LogP contribution in [0.1, 0.15) is 44.7 Å². The molecule has 3 heteroatoms. The van der Waals surface area contributed by atoms with Crippen LogP contribution in [0, 0.1) is 5.92 Å². The lowest BCUT2D eigenvalue weighted by atomic mass is 10.1. The highest BCUT2D eigenvalue weighted by atomic mass is 35.5. The Balaban J connectivity index is 2.15. The maximum absolute atomic E-state index is 6.31. The van der Waals surface area contributed by atoms with Gasteiger partial charge in [-0.05, 0) is 49.8 Å². The van der Waals surface area contributed by atoms with E-state index in [1.807, 2.05) is 6.92 Å². The first-order chi connectivity index (χ1) is 8.61. The minimum atomic E-state index is -0.00499. The maximum atomic E-state index is 6.31. The average Bonchev–Trinajstić information content (AvgIpc) is 3.11. The molecule has 1 aromatic carbocycles. The molecule has 2 rings (SSSR count). The van der Waals surface area contributed by atoms with Crippen LogP contribution < -0.4 is 10.6 Å². The highest BCUT2D eigenvalue weighted by Crippen LogP contribution is 2.33. The molecule has 0 bridgehead atoms. The van der Waals surface area contributed by atoms with Crippen LogP contribution >= 0.6 is 11.6 Å². The van der Waals surface area contributed by atoms with Crippen molar-refractivity contribution in [3.8, 4) is 0 Å². The fourth-order valence-electron chi connectivity index (χ4n) is 2.29. The van der Waals surface area contributed by atoms with Crippen molar-refractivity contribution >= 4 is 17.3 Å². The smallest absolute Gasteiger partial charge is 0.0474 e. The predicted octanol–water partition coefficient (Wildman–Crippen LogP) is 3.99. The summed E-state index contributed by atoms with van der Waals surface area (Å²) < 4.78 is 0. The summed E-state index contributed by atoms with van der Waals surface area (Å²) in [6.45, 7) is 6.46. The Kier molecular flexibility index (Phi) is 4.52. The van der Waals surface area contributed by atoms with Crippen LogP contribution in [0.3, 0.4) is 0 Å². The van der Waals surface area contributed by atoms with E-state index in [0.717, 1.165) is 23.0 Å². The molecular weight excluding hydrogens is 244 g/mol. The van der Waals surface area contributed by atoms with E-state index in [9.17, 15) is 0 Å². The van der Waals surface area contributed by atoms with Crippen molar-refractivity contribution in [1.29, 1.82) is 0 Å². The van der Waals surface area contributed by atoms with Gasteiger partial charge in [0.2, 0.25) is 0 Å². The number of rotatable bonds is 6. The zero-order chi connectivity index (χ0) is 13.1. The fraction of sp³-hybridized carbons (Fsp3) is 0.600. The molecule has 0 amide bonds. The fourth-order valence-corrected chi connectivity index (χ4v) is 2.64. The van der Waals surface area contributed by atoms with Crippen LogP contribution in [0.25, 0.3) is 0 Å². The molecule has 1 aliphatic rings. The van der Waals surface area contributed by atoms with Crippen molar-refractivity contribution in [3.05, 3.63) is 28.8 Å². The molecule has 0 spiro atoms. The molecule has 0 aliphatic heterocycles. The van der Waals surface area contributed by atoms with E-state index in [4.69, 9.17) is 17.3 Å². The van der Waals surface area contributed by atoms with Gasteiger partial charge in [0.15, 0.2) is 0 Å². The van der Waals surface area contributed by atoms with Gasteiger partial charge in [-0.1, -0.05) is 24.6 Å². The lowest BCUT2D eigenvalue weighted by molar-refractivity contribution is 0.707. The molecule has 2 nitrogen and oxygen atoms in total. The van der Waals surface area contributed by atoms with Crippen molar-refractivity contribution in [2.75, 3.05) is 18.0 Å². The molecule has 0 radical (unpaired) electrons. The Morgan fingerprint density at radius 2 is 2.17 bits per heavy atom. The predicted molar refractivity (Wildman–Crippen MR) is 79.3 cm³/mol. The lowest BCUT2D eigenvalue weighted by Crippen LogP contribution is -2.26. The number of hydrogen-bond donors (Lipinski definition) is 1. The highest BCUT2D eigenvalue weighted by molar-refractivity contribution is 6.31. The van der Waals surface area contributed by atoms with Crippen LogP contribution in [0.15, 0.2) is 18.2 Å². The first kappa shape index (κ1) is 13.7. The van der Waals surface area contributed by atoms with E-state index in [2.05, 4.69) is 30.0 Å². The van der Waals surface area contributed by atoms with Gasteiger partial charge in [0.25, 0.3) is 0 Å². The summed E-state index contributed by atoms with van der Waals surface area (Å²) in [5, 5.41) is 0.791. The molecule has 1 unspecified atom stereocenters. The quantitative estimate of drug-likeness (QED) is 0.844. The SMILES string of the molecule is CCCN(CC1CC1)c1ccc(C(C)N)c(Cl)c1. The zero-order valence-corrected chi connectivity index (χ0v) is 12.1. The summed E-state index contributed by atoms with van der Waals surface area (Å²) in [7, 11) is 0. The Bertz CT molecular complexity index is 399. The van der Waals surface area contributed by atoms with Crippen molar-refractivity contribution in [3.63, 3.8) is 0 Å². The molecule has 100 valence electrons. The van der Waals surface area contributed by atoms with Crippen LogP contribution in [0.2, 0.25) is 5.02 Å². The van der Waals surface area contributed by atoms with Crippen LogP contribution in [-0.2, 0) is 0 Å². The average molecular weight is 267 g/mol. The molecule has 1 aromatic rings. The molecule has 0 saturated heterocycles. The van der Waals surface area contributed by atoms with Crippen molar-refractivity contribution in [2.24, 2.45) is 11.7 Å². The summed E-state index contributed by atoms with van der Waals surface area (Å²) in [5.41, 5.74) is 8.16. The van der Waals surface area contributed by atoms with E-state index >= 15 is 0 Å². The van der Waals surface area contributed by atoms with Crippen LogP contribution in [-0.4, -0.2) is 13.1 Å². The maximum Gasteiger partial charge on any atom is 0.0474 e. The Morgan fingerprint density at radius 3 is 2.67 bits per heavy atom. The third-order valence-corrected chi connectivity index (χ3v) is 3.84. The van der Waals surface area contributed by atoms with Gasteiger partial charge >= 0.3 is 0 Å². The van der Waals surface area contributed by atoms with E-state index in [-0.39, 0.29) is 6.04 Å². The molecule has 1 atom stereocenters. The van der Waals surface area contributed by atoms with Gasteiger partial charge in [-0.25, -0.2) is 0 Å². The molecule has 1 fully saturated rings. The largest absolute Gasteiger partial charge is 0.371 e. The van der Waals surface area contributed by atoms with Crippen LogP contribution in [0.4, 0.5) is 5.69 Å². The number of halogens is 1. The summed E-state index contributed by atoms with van der Waals surface area (Å²) in [4.78, 5) is 2.45. The minimum absolute atomic E-state index is 0.00499. The van der Waals surface area contributed by atoms with Gasteiger partial charge in [0.05, 0.1) is 0 Å². The number of hydrogen-bond acceptors (Lipinski definition) is 2. The van der Waals surface area contributed by atoms with Gasteiger partial charge in [0.1, 0.15) is 0 Å².